The lowest BCUT2D eigenvalue weighted by atomic mass is 9.99. The highest BCUT2D eigenvalue weighted by molar-refractivity contribution is 5.99. The predicted molar refractivity (Wildman–Crippen MR) is 84.4 cm³/mol. The van der Waals surface area contributed by atoms with E-state index in [1.165, 1.54) is 31.2 Å². The molecule has 6 heteroatoms. The summed E-state index contributed by atoms with van der Waals surface area (Å²) in [6.45, 7) is 0. The standard InChI is InChI=1S/C17H19FN4O/c18-11-3-1-10(2-4-11)16-15(9-19-22-16)17(23)21-14-7-12-5-6-13(8-14)20-12/h1-4,9,12-14,20H,5-8H2,(H,19,22)(H,21,23). The average molecular weight is 314 g/mol. The Balaban J connectivity index is 1.51. The van der Waals surface area contributed by atoms with Crippen LogP contribution < -0.4 is 10.6 Å². The largest absolute Gasteiger partial charge is 0.349 e. The van der Waals surface area contributed by atoms with Gasteiger partial charge in [0.05, 0.1) is 17.5 Å². The maximum Gasteiger partial charge on any atom is 0.255 e. The molecule has 1 aromatic carbocycles. The van der Waals surface area contributed by atoms with E-state index in [2.05, 4.69) is 20.8 Å². The quantitative estimate of drug-likeness (QED) is 0.813. The highest BCUT2D eigenvalue weighted by Crippen LogP contribution is 2.27. The first-order valence-electron chi connectivity index (χ1n) is 8.05. The molecule has 0 aliphatic carbocycles. The first kappa shape index (κ1) is 14.4. The summed E-state index contributed by atoms with van der Waals surface area (Å²) in [6.07, 6.45) is 5.88. The molecule has 0 saturated carbocycles. The second-order valence-corrected chi connectivity index (χ2v) is 6.45. The number of carbonyl (C=O) groups excluding carboxylic acids is 1. The van der Waals surface area contributed by atoms with Gasteiger partial charge in [-0.05, 0) is 49.9 Å². The lowest BCUT2D eigenvalue weighted by Gasteiger charge is -2.29. The molecule has 0 spiro atoms. The van der Waals surface area contributed by atoms with E-state index >= 15 is 0 Å². The van der Waals surface area contributed by atoms with Gasteiger partial charge in [-0.25, -0.2) is 4.39 Å². The van der Waals surface area contributed by atoms with Crippen molar-refractivity contribution in [1.29, 1.82) is 0 Å². The second kappa shape index (κ2) is 5.77. The average Bonchev–Trinajstić information content (AvgIpc) is 3.15. The van der Waals surface area contributed by atoms with E-state index in [4.69, 9.17) is 0 Å². The van der Waals surface area contributed by atoms with E-state index in [0.29, 0.717) is 23.3 Å². The number of fused-ring (bicyclic) bond motifs is 2. The molecule has 1 amide bonds. The number of benzene rings is 1. The fourth-order valence-corrected chi connectivity index (χ4v) is 3.73. The third-order valence-corrected chi connectivity index (χ3v) is 4.83. The summed E-state index contributed by atoms with van der Waals surface area (Å²) in [4.78, 5) is 12.6. The van der Waals surface area contributed by atoms with Gasteiger partial charge in [0.2, 0.25) is 0 Å². The van der Waals surface area contributed by atoms with Gasteiger partial charge in [0.25, 0.3) is 5.91 Å². The van der Waals surface area contributed by atoms with Gasteiger partial charge in [0.1, 0.15) is 5.82 Å². The zero-order chi connectivity index (χ0) is 15.8. The minimum atomic E-state index is -0.301. The van der Waals surface area contributed by atoms with E-state index in [0.717, 1.165) is 18.4 Å². The number of hydrogen-bond acceptors (Lipinski definition) is 3. The first-order valence-corrected chi connectivity index (χ1v) is 8.05. The van der Waals surface area contributed by atoms with Crippen molar-refractivity contribution in [3.63, 3.8) is 0 Å². The minimum Gasteiger partial charge on any atom is -0.349 e. The lowest BCUT2D eigenvalue weighted by molar-refractivity contribution is 0.0924. The van der Waals surface area contributed by atoms with Crippen molar-refractivity contribution < 1.29 is 9.18 Å². The van der Waals surface area contributed by atoms with Crippen LogP contribution in [0.4, 0.5) is 4.39 Å². The summed E-state index contributed by atoms with van der Waals surface area (Å²) in [5.41, 5.74) is 1.88. The maximum absolute atomic E-state index is 13.1. The van der Waals surface area contributed by atoms with Crippen molar-refractivity contribution in [2.75, 3.05) is 0 Å². The number of piperidine rings is 1. The molecular formula is C17H19FN4O. The van der Waals surface area contributed by atoms with Crippen LogP contribution in [0, 0.1) is 5.82 Å². The second-order valence-electron chi connectivity index (χ2n) is 6.45. The molecule has 23 heavy (non-hydrogen) atoms. The number of nitrogens with one attached hydrogen (secondary N) is 3. The molecule has 2 unspecified atom stereocenters. The number of halogens is 1. The molecule has 2 aromatic rings. The summed E-state index contributed by atoms with van der Waals surface area (Å²) in [5.74, 6) is -0.422. The molecule has 2 aliphatic rings. The Kier molecular flexibility index (Phi) is 3.61. The molecule has 2 atom stereocenters. The summed E-state index contributed by atoms with van der Waals surface area (Å²) in [5, 5.41) is 13.5. The topological polar surface area (TPSA) is 69.8 Å². The number of carbonyl (C=O) groups is 1. The van der Waals surface area contributed by atoms with Crippen molar-refractivity contribution >= 4 is 5.91 Å². The van der Waals surface area contributed by atoms with E-state index in [1.807, 2.05) is 0 Å². The zero-order valence-corrected chi connectivity index (χ0v) is 12.7. The summed E-state index contributed by atoms with van der Waals surface area (Å²) < 4.78 is 13.1. The van der Waals surface area contributed by atoms with Crippen LogP contribution in [0.5, 0.6) is 0 Å². The van der Waals surface area contributed by atoms with Crippen LogP contribution in [-0.2, 0) is 0 Å². The first-order chi connectivity index (χ1) is 11.2. The number of aromatic nitrogens is 2. The van der Waals surface area contributed by atoms with Crippen molar-refractivity contribution in [1.82, 2.24) is 20.8 Å². The van der Waals surface area contributed by atoms with Gasteiger partial charge in [0, 0.05) is 23.7 Å². The van der Waals surface area contributed by atoms with Gasteiger partial charge in [-0.15, -0.1) is 0 Å². The molecule has 2 fully saturated rings. The van der Waals surface area contributed by atoms with E-state index in [-0.39, 0.29) is 17.8 Å². The minimum absolute atomic E-state index is 0.121. The molecule has 120 valence electrons. The van der Waals surface area contributed by atoms with Gasteiger partial charge < -0.3 is 10.6 Å². The number of nitrogens with zero attached hydrogens (tertiary/aromatic N) is 1. The number of aromatic amines is 1. The lowest BCUT2D eigenvalue weighted by Crippen LogP contribution is -2.48. The molecule has 3 N–H and O–H groups in total. The van der Waals surface area contributed by atoms with E-state index in [9.17, 15) is 9.18 Å². The molecular weight excluding hydrogens is 295 g/mol. The normalized spacial score (nSPS) is 26.2. The van der Waals surface area contributed by atoms with Crippen LogP contribution in [0.1, 0.15) is 36.0 Å². The number of H-pyrrole nitrogens is 1. The van der Waals surface area contributed by atoms with Gasteiger partial charge in [-0.3, -0.25) is 9.89 Å². The molecule has 1 aromatic heterocycles. The van der Waals surface area contributed by atoms with E-state index in [1.54, 1.807) is 12.1 Å². The van der Waals surface area contributed by atoms with Crippen LogP contribution in [0.3, 0.4) is 0 Å². The van der Waals surface area contributed by atoms with Crippen LogP contribution in [0.2, 0.25) is 0 Å². The monoisotopic (exact) mass is 314 g/mol. The van der Waals surface area contributed by atoms with Gasteiger partial charge in [-0.2, -0.15) is 5.10 Å². The SMILES string of the molecule is O=C(NC1CC2CCC(C1)N2)c1cn[nH]c1-c1ccc(F)cc1. The molecule has 2 aliphatic heterocycles. The maximum atomic E-state index is 13.1. The van der Waals surface area contributed by atoms with Gasteiger partial charge in [-0.1, -0.05) is 0 Å². The van der Waals surface area contributed by atoms with Crippen LogP contribution in [0.25, 0.3) is 11.3 Å². The van der Waals surface area contributed by atoms with Crippen molar-refractivity contribution in [3.8, 4) is 11.3 Å². The van der Waals surface area contributed by atoms with Crippen LogP contribution in [0.15, 0.2) is 30.5 Å². The molecule has 2 saturated heterocycles. The Morgan fingerprint density at radius 2 is 1.87 bits per heavy atom. The van der Waals surface area contributed by atoms with Crippen LogP contribution >= 0.6 is 0 Å². The molecule has 3 heterocycles. The Morgan fingerprint density at radius 3 is 2.57 bits per heavy atom. The summed E-state index contributed by atoms with van der Waals surface area (Å²) >= 11 is 0. The van der Waals surface area contributed by atoms with Crippen LogP contribution in [-0.4, -0.2) is 34.2 Å². The zero-order valence-electron chi connectivity index (χ0n) is 12.7. The fraction of sp³-hybridized carbons (Fsp3) is 0.412. The van der Waals surface area contributed by atoms with Crippen molar-refractivity contribution in [2.24, 2.45) is 0 Å². The summed E-state index contributed by atoms with van der Waals surface area (Å²) in [6, 6.07) is 7.30. The Labute approximate surface area is 133 Å². The Hall–Kier alpha value is -2.21. The van der Waals surface area contributed by atoms with Crippen molar-refractivity contribution in [2.45, 2.75) is 43.8 Å². The number of amides is 1. The Bertz CT molecular complexity index is 700. The van der Waals surface area contributed by atoms with Gasteiger partial charge in [0.15, 0.2) is 0 Å². The van der Waals surface area contributed by atoms with Gasteiger partial charge >= 0.3 is 0 Å². The fourth-order valence-electron chi connectivity index (χ4n) is 3.73. The van der Waals surface area contributed by atoms with E-state index < -0.39 is 0 Å². The molecule has 2 bridgehead atoms. The molecule has 0 radical (unpaired) electrons. The number of rotatable bonds is 3. The molecule has 4 rings (SSSR count). The number of hydrogen-bond donors (Lipinski definition) is 3. The molecule has 5 nitrogen and oxygen atoms in total. The Morgan fingerprint density at radius 1 is 1.17 bits per heavy atom. The highest BCUT2D eigenvalue weighted by Gasteiger charge is 2.34. The third kappa shape index (κ3) is 2.86. The van der Waals surface area contributed by atoms with Crippen molar-refractivity contribution in [3.05, 3.63) is 41.8 Å². The smallest absolute Gasteiger partial charge is 0.255 e. The highest BCUT2D eigenvalue weighted by atomic mass is 19.1. The third-order valence-electron chi connectivity index (χ3n) is 4.83. The summed E-state index contributed by atoms with van der Waals surface area (Å²) in [7, 11) is 0. The predicted octanol–water partition coefficient (Wildman–Crippen LogP) is 2.23.